The molecule has 0 unspecified atom stereocenters. The fourth-order valence-electron chi connectivity index (χ4n) is 2.44. The molecule has 1 heterocycles. The molecule has 0 atom stereocenters. The number of rotatable bonds is 5. The summed E-state index contributed by atoms with van der Waals surface area (Å²) in [4.78, 5) is 24.2. The Labute approximate surface area is 161 Å². The van der Waals surface area contributed by atoms with Crippen LogP contribution in [0.2, 0.25) is 5.02 Å². The van der Waals surface area contributed by atoms with E-state index in [1.165, 1.54) is 6.07 Å². The zero-order chi connectivity index (χ0) is 19.2. The third kappa shape index (κ3) is 5.21. The molecule has 0 aromatic heterocycles. The number of ether oxygens (including phenoxy) is 2. The number of hydrogen-bond donors (Lipinski definition) is 2. The molecule has 0 saturated heterocycles. The highest BCUT2D eigenvalue weighted by Gasteiger charge is 2.13. The summed E-state index contributed by atoms with van der Waals surface area (Å²) in [5.74, 6) is 0.591. The van der Waals surface area contributed by atoms with Gasteiger partial charge < -0.3 is 14.8 Å². The molecule has 7 nitrogen and oxygen atoms in total. The number of carbonyl (C=O) groups excluding carboxylic acids is 2. The largest absolute Gasteiger partial charge is 0.486 e. The van der Waals surface area contributed by atoms with Crippen LogP contribution in [0.1, 0.15) is 23.7 Å². The lowest BCUT2D eigenvalue weighted by molar-refractivity contribution is -0.115. The smallest absolute Gasteiger partial charge is 0.271 e. The highest BCUT2D eigenvalue weighted by atomic mass is 35.5. The van der Waals surface area contributed by atoms with Crippen molar-refractivity contribution in [3.05, 3.63) is 53.1 Å². The van der Waals surface area contributed by atoms with Crippen molar-refractivity contribution < 1.29 is 19.1 Å². The van der Waals surface area contributed by atoms with E-state index in [0.717, 1.165) is 0 Å². The summed E-state index contributed by atoms with van der Waals surface area (Å²) < 4.78 is 10.9. The number of fused-ring (bicyclic) bond motifs is 1. The van der Waals surface area contributed by atoms with E-state index >= 15 is 0 Å². The minimum atomic E-state index is -0.399. The quantitative estimate of drug-likeness (QED) is 0.608. The average molecular weight is 388 g/mol. The lowest BCUT2D eigenvalue weighted by Crippen LogP contribution is -2.21. The Bertz CT molecular complexity index is 898. The van der Waals surface area contributed by atoms with Crippen molar-refractivity contribution in [2.24, 2.45) is 5.10 Å². The number of nitrogens with zero attached hydrogens (tertiary/aromatic N) is 1. The predicted molar refractivity (Wildman–Crippen MR) is 103 cm³/mol. The van der Waals surface area contributed by atoms with Gasteiger partial charge in [0.25, 0.3) is 5.91 Å². The highest BCUT2D eigenvalue weighted by molar-refractivity contribution is 6.31. The van der Waals surface area contributed by atoms with Crippen LogP contribution >= 0.6 is 11.6 Å². The molecule has 2 N–H and O–H groups in total. The molecule has 2 aromatic rings. The van der Waals surface area contributed by atoms with E-state index in [9.17, 15) is 9.59 Å². The molecule has 0 spiro atoms. The van der Waals surface area contributed by atoms with Crippen LogP contribution in [-0.4, -0.2) is 30.7 Å². The summed E-state index contributed by atoms with van der Waals surface area (Å²) >= 11 is 5.86. The molecule has 0 bridgehead atoms. The summed E-state index contributed by atoms with van der Waals surface area (Å²) in [5, 5.41) is 7.18. The third-order valence-corrected chi connectivity index (χ3v) is 3.91. The van der Waals surface area contributed by atoms with Gasteiger partial charge in [0.05, 0.1) is 6.42 Å². The molecule has 0 radical (unpaired) electrons. The minimum Gasteiger partial charge on any atom is -0.486 e. The van der Waals surface area contributed by atoms with Crippen LogP contribution in [0.15, 0.2) is 47.6 Å². The fraction of sp³-hybridized carbons (Fsp3) is 0.211. The SMILES string of the molecule is C/C(CC(=O)Nc1ccc2c(c1)OCCO2)=N/NC(=O)c1cccc(Cl)c1. The summed E-state index contributed by atoms with van der Waals surface area (Å²) in [6, 6.07) is 11.7. The fourth-order valence-corrected chi connectivity index (χ4v) is 2.63. The van der Waals surface area contributed by atoms with E-state index < -0.39 is 5.91 Å². The van der Waals surface area contributed by atoms with Crippen molar-refractivity contribution >= 4 is 34.8 Å². The number of amides is 2. The van der Waals surface area contributed by atoms with Crippen molar-refractivity contribution in [1.29, 1.82) is 0 Å². The second-order valence-electron chi connectivity index (χ2n) is 5.88. The maximum absolute atomic E-state index is 12.2. The number of hydrazone groups is 1. The minimum absolute atomic E-state index is 0.0320. The Morgan fingerprint density at radius 2 is 1.89 bits per heavy atom. The van der Waals surface area contributed by atoms with Crippen LogP contribution in [0.3, 0.4) is 0 Å². The van der Waals surface area contributed by atoms with Crippen LogP contribution in [-0.2, 0) is 4.79 Å². The Hall–Kier alpha value is -3.06. The number of halogens is 1. The van der Waals surface area contributed by atoms with E-state index in [1.54, 1.807) is 43.3 Å². The second-order valence-corrected chi connectivity index (χ2v) is 6.32. The van der Waals surface area contributed by atoms with Gasteiger partial charge >= 0.3 is 0 Å². The highest BCUT2D eigenvalue weighted by Crippen LogP contribution is 2.32. The normalized spacial score (nSPS) is 13.0. The lowest BCUT2D eigenvalue weighted by atomic mass is 10.2. The van der Waals surface area contributed by atoms with Crippen LogP contribution in [0, 0.1) is 0 Å². The van der Waals surface area contributed by atoms with E-state index in [1.807, 2.05) is 0 Å². The van der Waals surface area contributed by atoms with Crippen molar-refractivity contribution in [2.75, 3.05) is 18.5 Å². The van der Waals surface area contributed by atoms with E-state index in [0.29, 0.717) is 46.7 Å². The molecule has 0 fully saturated rings. The molecule has 1 aliphatic rings. The van der Waals surface area contributed by atoms with Crippen molar-refractivity contribution in [3.8, 4) is 11.5 Å². The summed E-state index contributed by atoms with van der Waals surface area (Å²) in [7, 11) is 0. The topological polar surface area (TPSA) is 89.0 Å². The maximum Gasteiger partial charge on any atom is 0.271 e. The van der Waals surface area contributed by atoms with Gasteiger partial charge in [0.1, 0.15) is 13.2 Å². The van der Waals surface area contributed by atoms with Gasteiger partial charge in [-0.05, 0) is 37.3 Å². The van der Waals surface area contributed by atoms with Crippen LogP contribution in [0.5, 0.6) is 11.5 Å². The number of benzene rings is 2. The van der Waals surface area contributed by atoms with Crippen LogP contribution < -0.4 is 20.2 Å². The van der Waals surface area contributed by atoms with Gasteiger partial charge in [-0.15, -0.1) is 0 Å². The molecule has 1 aliphatic heterocycles. The van der Waals surface area contributed by atoms with Crippen molar-refractivity contribution in [1.82, 2.24) is 5.43 Å². The first-order valence-corrected chi connectivity index (χ1v) is 8.67. The molecule has 3 rings (SSSR count). The van der Waals surface area contributed by atoms with Gasteiger partial charge in [0.2, 0.25) is 5.91 Å². The number of carbonyl (C=O) groups is 2. The molecule has 2 amide bonds. The Morgan fingerprint density at radius 1 is 1.11 bits per heavy atom. The number of anilines is 1. The van der Waals surface area contributed by atoms with E-state index in [2.05, 4.69) is 15.8 Å². The first kappa shape index (κ1) is 18.7. The Balaban J connectivity index is 1.54. The lowest BCUT2D eigenvalue weighted by Gasteiger charge is -2.19. The summed E-state index contributed by atoms with van der Waals surface area (Å²) in [6.45, 7) is 2.64. The van der Waals surface area contributed by atoms with Gasteiger partial charge in [-0.2, -0.15) is 5.10 Å². The van der Waals surface area contributed by atoms with Crippen molar-refractivity contribution in [2.45, 2.75) is 13.3 Å². The van der Waals surface area contributed by atoms with Gasteiger partial charge in [-0.1, -0.05) is 17.7 Å². The van der Waals surface area contributed by atoms with Gasteiger partial charge in [-0.25, -0.2) is 5.43 Å². The van der Waals surface area contributed by atoms with E-state index in [-0.39, 0.29) is 12.3 Å². The maximum atomic E-state index is 12.2. The van der Waals surface area contributed by atoms with Crippen LogP contribution in [0.4, 0.5) is 5.69 Å². The van der Waals surface area contributed by atoms with Gasteiger partial charge in [0.15, 0.2) is 11.5 Å². The van der Waals surface area contributed by atoms with Crippen LogP contribution in [0.25, 0.3) is 0 Å². The third-order valence-electron chi connectivity index (χ3n) is 3.68. The molecule has 140 valence electrons. The second kappa shape index (κ2) is 8.55. The van der Waals surface area contributed by atoms with Gasteiger partial charge in [0, 0.05) is 28.1 Å². The monoisotopic (exact) mass is 387 g/mol. The zero-order valence-corrected chi connectivity index (χ0v) is 15.4. The molecule has 8 heteroatoms. The summed E-state index contributed by atoms with van der Waals surface area (Å²) in [5.41, 5.74) is 3.85. The Morgan fingerprint density at radius 3 is 2.67 bits per heavy atom. The number of nitrogens with one attached hydrogen (secondary N) is 2. The summed E-state index contributed by atoms with van der Waals surface area (Å²) in [6.07, 6.45) is 0.0320. The van der Waals surface area contributed by atoms with Crippen molar-refractivity contribution in [3.63, 3.8) is 0 Å². The molecule has 27 heavy (non-hydrogen) atoms. The average Bonchev–Trinajstić information content (AvgIpc) is 2.66. The molecular formula is C19H18ClN3O4. The zero-order valence-electron chi connectivity index (χ0n) is 14.6. The first-order valence-electron chi connectivity index (χ1n) is 8.30. The number of hydrogen-bond acceptors (Lipinski definition) is 5. The molecule has 0 saturated carbocycles. The van der Waals surface area contributed by atoms with Gasteiger partial charge in [-0.3, -0.25) is 9.59 Å². The molecular weight excluding hydrogens is 370 g/mol. The predicted octanol–water partition coefficient (Wildman–Crippen LogP) is 3.25. The van der Waals surface area contributed by atoms with E-state index in [4.69, 9.17) is 21.1 Å². The molecule has 2 aromatic carbocycles. The molecule has 0 aliphatic carbocycles. The standard InChI is InChI=1S/C19H18ClN3O4/c1-12(22-23-19(25)13-3-2-4-14(20)10-13)9-18(24)21-15-5-6-16-17(11-15)27-8-7-26-16/h2-6,10-11H,7-9H2,1H3,(H,21,24)(H,23,25)/b22-12-. The Kier molecular flexibility index (Phi) is 5.93. The first-order chi connectivity index (χ1) is 13.0.